The van der Waals surface area contributed by atoms with Crippen LogP contribution in [0.25, 0.3) is 0 Å². The smallest absolute Gasteiger partial charge is 0.223 e. The Morgan fingerprint density at radius 3 is 2.66 bits per heavy atom. The summed E-state index contributed by atoms with van der Waals surface area (Å²) >= 11 is 0. The molecule has 1 saturated heterocycles. The minimum Gasteiger partial charge on any atom is -0.484 e. The Kier molecular flexibility index (Phi) is 6.95. The van der Waals surface area contributed by atoms with Crippen LogP contribution in [0, 0.1) is 5.92 Å². The second-order valence-corrected chi connectivity index (χ2v) is 9.51. The first-order valence-corrected chi connectivity index (χ1v) is 12.4. The van der Waals surface area contributed by atoms with E-state index in [1.165, 1.54) is 0 Å². The summed E-state index contributed by atoms with van der Waals surface area (Å²) in [5.41, 5.74) is 2.27. The molecule has 1 fully saturated rings. The van der Waals surface area contributed by atoms with Gasteiger partial charge in [-0.1, -0.05) is 48.5 Å². The Balaban J connectivity index is 1.23. The molecule has 1 aromatic heterocycles. The lowest BCUT2D eigenvalue weighted by Crippen LogP contribution is -2.43. The summed E-state index contributed by atoms with van der Waals surface area (Å²) in [5, 5.41) is 0. The summed E-state index contributed by atoms with van der Waals surface area (Å²) in [4.78, 5) is 34.5. The van der Waals surface area contributed by atoms with Crippen LogP contribution in [0.3, 0.4) is 0 Å². The number of amides is 1. The van der Waals surface area contributed by atoms with Crippen molar-refractivity contribution in [3.8, 4) is 5.75 Å². The number of hydrogen-bond donors (Lipinski definition) is 0. The third-order valence-electron chi connectivity index (χ3n) is 7.06. The average Bonchev–Trinajstić information content (AvgIpc) is 3.23. The van der Waals surface area contributed by atoms with Gasteiger partial charge in [0.2, 0.25) is 11.7 Å². The second-order valence-electron chi connectivity index (χ2n) is 9.51. The molecular formula is C28H32N4O3. The maximum Gasteiger partial charge on any atom is 0.223 e. The zero-order valence-corrected chi connectivity index (χ0v) is 20.2. The molecule has 0 bridgehead atoms. The van der Waals surface area contributed by atoms with E-state index in [0.29, 0.717) is 38.4 Å². The molecule has 7 heteroatoms. The highest BCUT2D eigenvalue weighted by Crippen LogP contribution is 2.31. The number of Topliss-reactive ketones (excluding diaryl/α,β-unsaturated/α-hetero) is 1. The lowest BCUT2D eigenvalue weighted by molar-refractivity contribution is -0.133. The number of hydrogen-bond acceptors (Lipinski definition) is 5. The van der Waals surface area contributed by atoms with Crippen molar-refractivity contribution in [2.75, 3.05) is 26.2 Å². The van der Waals surface area contributed by atoms with E-state index < -0.39 is 0 Å². The zero-order valence-electron chi connectivity index (χ0n) is 20.2. The Hall–Kier alpha value is -3.45. The number of para-hydroxylation sites is 1. The van der Waals surface area contributed by atoms with Crippen LogP contribution in [0.5, 0.6) is 5.75 Å². The van der Waals surface area contributed by atoms with Crippen LogP contribution in [0.15, 0.2) is 67.0 Å². The standard InChI is InChI=1S/C28H32N4O3/c1-30-17-14-29-28(30)27(34)23-11-7-15-32(19-23)26(33)13-16-31-18-22-10-5-6-12-24(22)35-25(20-31)21-8-3-2-4-9-21/h2-6,8-10,12,14,17,23,25H,7,11,13,15-16,18-20H2,1H3/t23-,25-/m1/s1. The van der Waals surface area contributed by atoms with Gasteiger partial charge in [0, 0.05) is 70.1 Å². The molecular weight excluding hydrogens is 440 g/mol. The van der Waals surface area contributed by atoms with E-state index in [-0.39, 0.29) is 23.7 Å². The first kappa shape index (κ1) is 23.3. The molecule has 0 spiro atoms. The van der Waals surface area contributed by atoms with Crippen LogP contribution in [-0.2, 0) is 18.4 Å². The van der Waals surface area contributed by atoms with Crippen LogP contribution in [0.1, 0.15) is 47.1 Å². The van der Waals surface area contributed by atoms with Gasteiger partial charge in [0.25, 0.3) is 0 Å². The fourth-order valence-corrected chi connectivity index (χ4v) is 5.11. The molecule has 0 aliphatic carbocycles. The number of nitrogens with zero attached hydrogens (tertiary/aromatic N) is 4. The van der Waals surface area contributed by atoms with E-state index in [0.717, 1.165) is 36.3 Å². The van der Waals surface area contributed by atoms with Gasteiger partial charge in [0.05, 0.1) is 0 Å². The number of ether oxygens (including phenoxy) is 1. The number of likely N-dealkylation sites (tertiary alicyclic amines) is 1. The zero-order chi connectivity index (χ0) is 24.2. The summed E-state index contributed by atoms with van der Waals surface area (Å²) in [6.07, 6.45) is 5.40. The van der Waals surface area contributed by atoms with Gasteiger partial charge >= 0.3 is 0 Å². The van der Waals surface area contributed by atoms with Crippen molar-refractivity contribution in [3.05, 3.63) is 83.9 Å². The normalized spacial score (nSPS) is 20.5. The highest BCUT2D eigenvalue weighted by atomic mass is 16.5. The molecule has 0 saturated carbocycles. The largest absolute Gasteiger partial charge is 0.484 e. The van der Waals surface area contributed by atoms with Crippen molar-refractivity contribution in [2.45, 2.75) is 31.9 Å². The molecule has 0 radical (unpaired) electrons. The Morgan fingerprint density at radius 2 is 1.86 bits per heavy atom. The third-order valence-corrected chi connectivity index (χ3v) is 7.06. The van der Waals surface area contributed by atoms with Crippen molar-refractivity contribution in [2.24, 2.45) is 13.0 Å². The number of aromatic nitrogens is 2. The van der Waals surface area contributed by atoms with Gasteiger partial charge in [-0.3, -0.25) is 14.5 Å². The number of fused-ring (bicyclic) bond motifs is 1. The maximum atomic E-state index is 13.2. The summed E-state index contributed by atoms with van der Waals surface area (Å²) in [7, 11) is 1.83. The lowest BCUT2D eigenvalue weighted by Gasteiger charge is -2.32. The predicted octanol–water partition coefficient (Wildman–Crippen LogP) is 3.87. The first-order valence-electron chi connectivity index (χ1n) is 12.4. The molecule has 7 nitrogen and oxygen atoms in total. The summed E-state index contributed by atoms with van der Waals surface area (Å²) in [6, 6.07) is 18.4. The minimum absolute atomic E-state index is 0.0296. The van der Waals surface area contributed by atoms with Crippen molar-refractivity contribution in [1.82, 2.24) is 19.4 Å². The lowest BCUT2D eigenvalue weighted by atomic mass is 9.93. The molecule has 2 atom stereocenters. The van der Waals surface area contributed by atoms with Crippen LogP contribution in [0.4, 0.5) is 0 Å². The van der Waals surface area contributed by atoms with Crippen LogP contribution < -0.4 is 4.74 Å². The highest BCUT2D eigenvalue weighted by Gasteiger charge is 2.31. The molecule has 0 unspecified atom stereocenters. The van der Waals surface area contributed by atoms with Gasteiger partial charge in [0.15, 0.2) is 5.82 Å². The molecule has 3 aromatic rings. The predicted molar refractivity (Wildman–Crippen MR) is 133 cm³/mol. The van der Waals surface area contributed by atoms with Crippen molar-refractivity contribution >= 4 is 11.7 Å². The Bertz CT molecular complexity index is 1180. The van der Waals surface area contributed by atoms with E-state index in [9.17, 15) is 9.59 Å². The molecule has 2 aromatic carbocycles. The van der Waals surface area contributed by atoms with Crippen LogP contribution >= 0.6 is 0 Å². The van der Waals surface area contributed by atoms with Gasteiger partial charge in [-0.05, 0) is 24.5 Å². The molecule has 3 heterocycles. The van der Waals surface area contributed by atoms with Gasteiger partial charge in [-0.25, -0.2) is 4.98 Å². The maximum absolute atomic E-state index is 13.2. The molecule has 2 aliphatic heterocycles. The molecule has 5 rings (SSSR count). The van der Waals surface area contributed by atoms with E-state index in [4.69, 9.17) is 4.74 Å². The minimum atomic E-state index is -0.185. The van der Waals surface area contributed by atoms with E-state index in [2.05, 4.69) is 28.1 Å². The number of imidazole rings is 1. The van der Waals surface area contributed by atoms with Gasteiger partial charge < -0.3 is 14.2 Å². The van der Waals surface area contributed by atoms with E-state index in [1.54, 1.807) is 17.0 Å². The molecule has 1 amide bonds. The SMILES string of the molecule is Cn1ccnc1C(=O)[C@@H]1CCCN(C(=O)CCN2Cc3ccccc3O[C@@H](c3ccccc3)C2)C1. The fourth-order valence-electron chi connectivity index (χ4n) is 5.11. The summed E-state index contributed by atoms with van der Waals surface area (Å²) in [6.45, 7) is 3.29. The Morgan fingerprint density at radius 1 is 1.06 bits per heavy atom. The van der Waals surface area contributed by atoms with Gasteiger partial charge in [0.1, 0.15) is 11.9 Å². The number of rotatable bonds is 6. The van der Waals surface area contributed by atoms with Crippen LogP contribution in [0.2, 0.25) is 0 Å². The van der Waals surface area contributed by atoms with Gasteiger partial charge in [-0.2, -0.15) is 0 Å². The summed E-state index contributed by atoms with van der Waals surface area (Å²) in [5.74, 6) is 1.33. The average molecular weight is 473 g/mol. The van der Waals surface area contributed by atoms with E-state index >= 15 is 0 Å². The van der Waals surface area contributed by atoms with Crippen molar-refractivity contribution in [3.63, 3.8) is 0 Å². The quantitative estimate of drug-likeness (QED) is 0.510. The monoisotopic (exact) mass is 472 g/mol. The van der Waals surface area contributed by atoms with Crippen molar-refractivity contribution < 1.29 is 14.3 Å². The Labute approximate surface area is 206 Å². The van der Waals surface area contributed by atoms with Crippen molar-refractivity contribution in [1.29, 1.82) is 0 Å². The number of piperidine rings is 1. The number of benzene rings is 2. The topological polar surface area (TPSA) is 67.7 Å². The molecule has 35 heavy (non-hydrogen) atoms. The third kappa shape index (κ3) is 5.30. The van der Waals surface area contributed by atoms with E-state index in [1.807, 2.05) is 48.3 Å². The van der Waals surface area contributed by atoms with Gasteiger partial charge in [-0.15, -0.1) is 0 Å². The molecule has 182 valence electrons. The second kappa shape index (κ2) is 10.4. The highest BCUT2D eigenvalue weighted by molar-refractivity contribution is 5.95. The summed E-state index contributed by atoms with van der Waals surface area (Å²) < 4.78 is 8.15. The fraction of sp³-hybridized carbons (Fsp3) is 0.393. The van der Waals surface area contributed by atoms with Crippen LogP contribution in [-0.4, -0.2) is 57.2 Å². The first-order chi connectivity index (χ1) is 17.1. The molecule has 0 N–H and O–H groups in total. The number of carbonyl (C=O) groups excluding carboxylic acids is 2. The molecule has 2 aliphatic rings. The number of ketones is 1. The number of aryl methyl sites for hydroxylation is 1. The number of carbonyl (C=O) groups is 2.